The van der Waals surface area contributed by atoms with Crippen molar-refractivity contribution in [3.05, 3.63) is 69.6 Å². The molecule has 32 heavy (non-hydrogen) atoms. The predicted octanol–water partition coefficient (Wildman–Crippen LogP) is 2.34. The van der Waals surface area contributed by atoms with Gasteiger partial charge in [0.05, 0.1) is 23.9 Å². The molecule has 0 amide bonds. The topological polar surface area (TPSA) is 127 Å². The fourth-order valence-corrected chi connectivity index (χ4v) is 4.11. The van der Waals surface area contributed by atoms with Gasteiger partial charge in [0, 0.05) is 18.8 Å². The van der Waals surface area contributed by atoms with Crippen LogP contribution in [0, 0.1) is 11.3 Å². The summed E-state index contributed by atoms with van der Waals surface area (Å²) in [6, 6.07) is 10.5. The lowest BCUT2D eigenvalue weighted by Gasteiger charge is -2.42. The number of hydrogen-bond acceptors (Lipinski definition) is 8. The van der Waals surface area contributed by atoms with E-state index in [-0.39, 0.29) is 28.5 Å². The molecule has 4 aromatic rings. The Kier molecular flexibility index (Phi) is 4.68. The zero-order valence-corrected chi connectivity index (χ0v) is 17.7. The minimum absolute atomic E-state index is 0.105. The average Bonchev–Trinajstić information content (AvgIpc) is 3.14. The number of ether oxygens (including phenoxy) is 1. The molecule has 10 nitrogen and oxygen atoms in total. The van der Waals surface area contributed by atoms with E-state index >= 15 is 0 Å². The molecule has 4 heterocycles. The van der Waals surface area contributed by atoms with Crippen molar-refractivity contribution in [3.8, 4) is 17.5 Å². The lowest BCUT2D eigenvalue weighted by molar-refractivity contribution is 0.412. The molecule has 1 aliphatic rings. The van der Waals surface area contributed by atoms with Gasteiger partial charge in [-0.1, -0.05) is 17.7 Å². The minimum atomic E-state index is -0.319. The Bertz CT molecular complexity index is 1450. The number of fused-ring (bicyclic) bond motifs is 1. The predicted molar refractivity (Wildman–Crippen MR) is 118 cm³/mol. The van der Waals surface area contributed by atoms with Crippen LogP contribution in [0.25, 0.3) is 11.2 Å². The normalized spacial score (nSPS) is 15.4. The molecule has 1 fully saturated rings. The molecule has 11 heteroatoms. The van der Waals surface area contributed by atoms with Crippen LogP contribution >= 0.6 is 11.6 Å². The van der Waals surface area contributed by atoms with Crippen LogP contribution in [0.1, 0.15) is 23.9 Å². The van der Waals surface area contributed by atoms with Gasteiger partial charge in [-0.3, -0.25) is 9.36 Å². The Hall–Kier alpha value is -4.10. The van der Waals surface area contributed by atoms with Crippen molar-refractivity contribution in [2.75, 3.05) is 24.3 Å². The van der Waals surface area contributed by atoms with Crippen LogP contribution in [0.5, 0.6) is 5.75 Å². The molecule has 0 saturated carbocycles. The summed E-state index contributed by atoms with van der Waals surface area (Å²) < 4.78 is 8.35. The molecule has 1 unspecified atom stereocenters. The molecule has 1 atom stereocenters. The molecule has 0 aliphatic carbocycles. The third-order valence-electron chi connectivity index (χ3n) is 5.53. The van der Waals surface area contributed by atoms with Gasteiger partial charge in [-0.05, 0) is 24.6 Å². The number of nitriles is 1. The first kappa shape index (κ1) is 19.8. The summed E-state index contributed by atoms with van der Waals surface area (Å²) in [5.74, 6) is 1.60. The number of aromatic nitrogens is 5. The zero-order valence-electron chi connectivity index (χ0n) is 16.9. The molecule has 160 valence electrons. The highest BCUT2D eigenvalue weighted by molar-refractivity contribution is 6.33. The SMILES string of the molecule is COc1cccc(-n2c(C3CCN3c3ncnc(N)c3C#N)nn3ccc(Cl)c3c2=O)c1. The number of nitrogen functional groups attached to an aromatic ring is 1. The summed E-state index contributed by atoms with van der Waals surface area (Å²) in [6.45, 7) is 0.619. The van der Waals surface area contributed by atoms with Crippen molar-refractivity contribution in [2.45, 2.75) is 12.5 Å². The van der Waals surface area contributed by atoms with Gasteiger partial charge in [0.1, 0.15) is 35.0 Å². The van der Waals surface area contributed by atoms with E-state index in [2.05, 4.69) is 16.0 Å². The standard InChI is InChI=1S/C21H17ClN8O2/c1-32-13-4-2-3-12(9-13)30-20(27-29-8-5-15(22)17(29)21(30)31)16-6-7-28(16)19-14(10-23)18(24)25-11-26-19/h2-5,8-9,11,16H,6-7H2,1H3,(H2,24,25,26). The molecule has 3 aromatic heterocycles. The maximum absolute atomic E-state index is 13.6. The molecule has 1 aliphatic heterocycles. The Morgan fingerprint density at radius 3 is 2.88 bits per heavy atom. The number of nitrogens with zero attached hydrogens (tertiary/aromatic N) is 7. The second kappa shape index (κ2) is 7.55. The van der Waals surface area contributed by atoms with Gasteiger partial charge >= 0.3 is 0 Å². The van der Waals surface area contributed by atoms with E-state index in [1.165, 1.54) is 15.4 Å². The monoisotopic (exact) mass is 448 g/mol. The molecule has 5 rings (SSSR count). The summed E-state index contributed by atoms with van der Waals surface area (Å²) in [5, 5.41) is 14.6. The highest BCUT2D eigenvalue weighted by Gasteiger charge is 2.37. The van der Waals surface area contributed by atoms with E-state index in [1.807, 2.05) is 4.90 Å². The third-order valence-corrected chi connectivity index (χ3v) is 5.84. The van der Waals surface area contributed by atoms with E-state index in [9.17, 15) is 10.1 Å². The first-order valence-electron chi connectivity index (χ1n) is 9.75. The van der Waals surface area contributed by atoms with Gasteiger partial charge in [0.25, 0.3) is 5.56 Å². The van der Waals surface area contributed by atoms with Crippen LogP contribution in [-0.4, -0.2) is 37.8 Å². The first-order valence-corrected chi connectivity index (χ1v) is 10.1. The minimum Gasteiger partial charge on any atom is -0.497 e. The summed E-state index contributed by atoms with van der Waals surface area (Å²) in [4.78, 5) is 23.6. The van der Waals surface area contributed by atoms with E-state index in [1.54, 1.807) is 43.6 Å². The van der Waals surface area contributed by atoms with E-state index in [0.29, 0.717) is 41.1 Å². The quantitative estimate of drug-likeness (QED) is 0.504. The van der Waals surface area contributed by atoms with Crippen LogP contribution in [0.4, 0.5) is 11.6 Å². The summed E-state index contributed by atoms with van der Waals surface area (Å²) >= 11 is 6.28. The van der Waals surface area contributed by atoms with Crippen LogP contribution in [0.3, 0.4) is 0 Å². The molecular formula is C21H17ClN8O2. The van der Waals surface area contributed by atoms with Crippen LogP contribution in [0.15, 0.2) is 47.7 Å². The summed E-state index contributed by atoms with van der Waals surface area (Å²) in [5.41, 5.74) is 6.62. The fourth-order valence-electron chi connectivity index (χ4n) is 3.89. The Balaban J connectivity index is 1.73. The number of nitrogens with two attached hydrogens (primary N) is 1. The molecule has 1 aromatic carbocycles. The molecule has 0 spiro atoms. The van der Waals surface area contributed by atoms with Gasteiger partial charge in [0.15, 0.2) is 11.6 Å². The molecule has 2 N–H and O–H groups in total. The van der Waals surface area contributed by atoms with Crippen LogP contribution < -0.4 is 20.9 Å². The number of anilines is 2. The van der Waals surface area contributed by atoms with E-state index in [4.69, 9.17) is 27.2 Å². The highest BCUT2D eigenvalue weighted by atomic mass is 35.5. The van der Waals surface area contributed by atoms with Crippen LogP contribution in [0.2, 0.25) is 5.02 Å². The Labute approximate surface area is 187 Å². The van der Waals surface area contributed by atoms with Crippen molar-refractivity contribution >= 4 is 28.8 Å². The van der Waals surface area contributed by atoms with E-state index < -0.39 is 0 Å². The number of methoxy groups -OCH3 is 1. The fraction of sp³-hybridized carbons (Fsp3) is 0.190. The molecule has 0 radical (unpaired) electrons. The van der Waals surface area contributed by atoms with Crippen molar-refractivity contribution in [2.24, 2.45) is 0 Å². The smallest absolute Gasteiger partial charge is 0.284 e. The van der Waals surface area contributed by atoms with Crippen molar-refractivity contribution in [1.82, 2.24) is 24.1 Å². The Morgan fingerprint density at radius 1 is 1.31 bits per heavy atom. The van der Waals surface area contributed by atoms with Gasteiger partial charge in [0.2, 0.25) is 0 Å². The molecule has 0 bridgehead atoms. The van der Waals surface area contributed by atoms with Crippen molar-refractivity contribution in [3.63, 3.8) is 0 Å². The average molecular weight is 449 g/mol. The Morgan fingerprint density at radius 2 is 2.16 bits per heavy atom. The van der Waals surface area contributed by atoms with Crippen LogP contribution in [-0.2, 0) is 0 Å². The second-order valence-electron chi connectivity index (χ2n) is 7.22. The first-order chi connectivity index (χ1) is 15.5. The van der Waals surface area contributed by atoms with Gasteiger partial charge in [-0.25, -0.2) is 14.5 Å². The zero-order chi connectivity index (χ0) is 22.4. The second-order valence-corrected chi connectivity index (χ2v) is 7.63. The number of hydrogen-bond donors (Lipinski definition) is 1. The van der Waals surface area contributed by atoms with Crippen molar-refractivity contribution < 1.29 is 4.74 Å². The van der Waals surface area contributed by atoms with E-state index in [0.717, 1.165) is 0 Å². The van der Waals surface area contributed by atoms with Gasteiger partial charge < -0.3 is 15.4 Å². The maximum Gasteiger partial charge on any atom is 0.284 e. The summed E-state index contributed by atoms with van der Waals surface area (Å²) in [6.07, 6.45) is 3.66. The number of benzene rings is 1. The van der Waals surface area contributed by atoms with Gasteiger partial charge in [-0.2, -0.15) is 10.4 Å². The molecular weight excluding hydrogens is 432 g/mol. The van der Waals surface area contributed by atoms with Gasteiger partial charge in [-0.15, -0.1) is 0 Å². The largest absolute Gasteiger partial charge is 0.497 e. The van der Waals surface area contributed by atoms with Crippen molar-refractivity contribution in [1.29, 1.82) is 5.26 Å². The summed E-state index contributed by atoms with van der Waals surface area (Å²) in [7, 11) is 1.56. The molecule has 1 saturated heterocycles. The highest BCUT2D eigenvalue weighted by Crippen LogP contribution is 2.38. The lowest BCUT2D eigenvalue weighted by atomic mass is 10.0. The maximum atomic E-state index is 13.6. The number of rotatable bonds is 4. The third kappa shape index (κ3) is 2.94. The number of halogens is 1. The lowest BCUT2D eigenvalue weighted by Crippen LogP contribution is -2.45.